The molecule has 56 heavy (non-hydrogen) atoms. The predicted octanol–water partition coefficient (Wildman–Crippen LogP) is 7.62. The minimum Gasteiger partial charge on any atom is -0.340 e. The molecule has 8 rings (SSSR count). The van der Waals surface area contributed by atoms with Gasteiger partial charge in [0.1, 0.15) is 35.8 Å². The van der Waals surface area contributed by atoms with Gasteiger partial charge in [-0.05, 0) is 61.6 Å². The third-order valence-corrected chi connectivity index (χ3v) is 10.7. The van der Waals surface area contributed by atoms with Gasteiger partial charge in [-0.15, -0.1) is 0 Å². The third kappa shape index (κ3) is 7.24. The number of hydrogen-bond donors (Lipinski definition) is 2. The maximum atomic E-state index is 13.9. The highest BCUT2D eigenvalue weighted by molar-refractivity contribution is 5.85. The SMILES string of the molecule is CN(C)[C@@H](C(=O)N1CC=C[C@H]1c1ncc(-c2ccc(-c3ccc(-c4cnc([C@@H]5C=CCN5C(=O)[C@@H](c5ccccc5)N(C)C)[nH]4)cc3)cc2)[nH]1)c1ccccc1. The molecule has 10 nitrogen and oxygen atoms in total. The van der Waals surface area contributed by atoms with E-state index in [1.54, 1.807) is 0 Å². The van der Waals surface area contributed by atoms with Gasteiger partial charge in [0, 0.05) is 13.1 Å². The van der Waals surface area contributed by atoms with E-state index in [4.69, 9.17) is 9.97 Å². The molecule has 282 valence electrons. The first-order chi connectivity index (χ1) is 27.3. The molecule has 0 unspecified atom stereocenters. The monoisotopic (exact) mass is 742 g/mol. The van der Waals surface area contributed by atoms with Crippen molar-refractivity contribution >= 4 is 11.8 Å². The molecule has 2 aromatic heterocycles. The Morgan fingerprint density at radius 3 is 1.27 bits per heavy atom. The van der Waals surface area contributed by atoms with E-state index in [9.17, 15) is 9.59 Å². The summed E-state index contributed by atoms with van der Waals surface area (Å²) in [6.07, 6.45) is 11.8. The molecule has 0 saturated carbocycles. The maximum absolute atomic E-state index is 13.9. The van der Waals surface area contributed by atoms with Crippen molar-refractivity contribution in [3.8, 4) is 33.6 Å². The van der Waals surface area contributed by atoms with Crippen LogP contribution in [0.3, 0.4) is 0 Å². The molecule has 0 fully saturated rings. The lowest BCUT2D eigenvalue weighted by Gasteiger charge is -2.31. The summed E-state index contributed by atoms with van der Waals surface area (Å²) in [4.78, 5) is 51.9. The van der Waals surface area contributed by atoms with E-state index in [0.717, 1.165) is 56.4 Å². The van der Waals surface area contributed by atoms with Gasteiger partial charge in [-0.1, -0.05) is 133 Å². The Kier molecular flexibility index (Phi) is 10.3. The van der Waals surface area contributed by atoms with Gasteiger partial charge in [-0.25, -0.2) is 9.97 Å². The van der Waals surface area contributed by atoms with Crippen LogP contribution >= 0.6 is 0 Å². The molecule has 0 spiro atoms. The maximum Gasteiger partial charge on any atom is 0.245 e. The summed E-state index contributed by atoms with van der Waals surface area (Å²) in [5, 5.41) is 0. The van der Waals surface area contributed by atoms with Crippen LogP contribution in [0, 0.1) is 0 Å². The van der Waals surface area contributed by atoms with Gasteiger partial charge >= 0.3 is 0 Å². The number of H-pyrrole nitrogens is 2. The zero-order chi connectivity index (χ0) is 38.8. The molecular weight excluding hydrogens is 697 g/mol. The molecule has 2 N–H and O–H groups in total. The summed E-state index contributed by atoms with van der Waals surface area (Å²) in [6, 6.07) is 35.3. The van der Waals surface area contributed by atoms with Crippen LogP contribution in [0.1, 0.15) is 46.9 Å². The molecule has 4 heterocycles. The minimum absolute atomic E-state index is 0.0411. The Balaban J connectivity index is 0.933. The lowest BCUT2D eigenvalue weighted by molar-refractivity contribution is -0.137. The Labute approximate surface area is 327 Å². The second kappa shape index (κ2) is 15.8. The average Bonchev–Trinajstić information content (AvgIpc) is 4.06. The molecule has 10 heteroatoms. The number of imidazole rings is 2. The number of rotatable bonds is 11. The molecule has 4 atom stereocenters. The van der Waals surface area contributed by atoms with E-state index >= 15 is 0 Å². The summed E-state index contributed by atoms with van der Waals surface area (Å²) in [7, 11) is 7.75. The summed E-state index contributed by atoms with van der Waals surface area (Å²) < 4.78 is 0. The number of aromatic nitrogens is 4. The average molecular weight is 743 g/mol. The van der Waals surface area contributed by atoms with Gasteiger partial charge in [-0.3, -0.25) is 19.4 Å². The van der Waals surface area contributed by atoms with Crippen LogP contribution in [0.4, 0.5) is 0 Å². The summed E-state index contributed by atoms with van der Waals surface area (Å²) in [6.45, 7) is 1.08. The van der Waals surface area contributed by atoms with Crippen molar-refractivity contribution in [2.24, 2.45) is 0 Å². The number of carbonyl (C=O) groups excluding carboxylic acids is 2. The summed E-state index contributed by atoms with van der Waals surface area (Å²) in [5.41, 5.74) is 7.94. The van der Waals surface area contributed by atoms with Crippen molar-refractivity contribution in [1.82, 2.24) is 39.5 Å². The summed E-state index contributed by atoms with van der Waals surface area (Å²) in [5.74, 6) is 1.56. The van der Waals surface area contributed by atoms with Crippen LogP contribution in [-0.4, -0.2) is 92.6 Å². The Morgan fingerprint density at radius 2 is 0.911 bits per heavy atom. The van der Waals surface area contributed by atoms with Crippen LogP contribution in [0.2, 0.25) is 0 Å². The number of benzene rings is 4. The fourth-order valence-electron chi connectivity index (χ4n) is 7.83. The number of aromatic amines is 2. The van der Waals surface area contributed by atoms with Crippen LogP contribution in [0.5, 0.6) is 0 Å². The van der Waals surface area contributed by atoms with Gasteiger partial charge in [0.15, 0.2) is 0 Å². The molecule has 4 aromatic carbocycles. The highest BCUT2D eigenvalue weighted by Crippen LogP contribution is 2.34. The molecule has 0 aliphatic carbocycles. The lowest BCUT2D eigenvalue weighted by Crippen LogP contribution is -2.40. The highest BCUT2D eigenvalue weighted by Gasteiger charge is 2.36. The van der Waals surface area contributed by atoms with Crippen molar-refractivity contribution in [3.05, 3.63) is 169 Å². The van der Waals surface area contributed by atoms with Crippen LogP contribution in [0.25, 0.3) is 33.6 Å². The highest BCUT2D eigenvalue weighted by atomic mass is 16.2. The van der Waals surface area contributed by atoms with E-state index in [1.165, 1.54) is 0 Å². The first kappa shape index (κ1) is 36.6. The van der Waals surface area contributed by atoms with Crippen molar-refractivity contribution in [1.29, 1.82) is 0 Å². The number of carbonyl (C=O) groups is 2. The van der Waals surface area contributed by atoms with Crippen molar-refractivity contribution < 1.29 is 9.59 Å². The van der Waals surface area contributed by atoms with Crippen LogP contribution in [0.15, 0.2) is 146 Å². The fourth-order valence-corrected chi connectivity index (χ4v) is 7.83. The van der Waals surface area contributed by atoms with E-state index in [-0.39, 0.29) is 36.0 Å². The predicted molar refractivity (Wildman–Crippen MR) is 220 cm³/mol. The van der Waals surface area contributed by atoms with Gasteiger partial charge in [0.05, 0.1) is 23.8 Å². The quantitative estimate of drug-likeness (QED) is 0.133. The van der Waals surface area contributed by atoms with E-state index in [1.807, 2.05) is 145 Å². The topological polar surface area (TPSA) is 104 Å². The van der Waals surface area contributed by atoms with Crippen LogP contribution < -0.4 is 0 Å². The van der Waals surface area contributed by atoms with Gasteiger partial charge in [-0.2, -0.15) is 0 Å². The molecule has 2 aliphatic rings. The van der Waals surface area contributed by atoms with E-state index in [0.29, 0.717) is 13.1 Å². The Hall–Kier alpha value is -6.36. The first-order valence-electron chi connectivity index (χ1n) is 18.9. The number of nitrogens with zero attached hydrogens (tertiary/aromatic N) is 6. The van der Waals surface area contributed by atoms with E-state index < -0.39 is 0 Å². The minimum atomic E-state index is -0.384. The summed E-state index contributed by atoms with van der Waals surface area (Å²) >= 11 is 0. The molecule has 6 aromatic rings. The normalized spacial score (nSPS) is 17.6. The second-order valence-electron chi connectivity index (χ2n) is 14.8. The molecular formula is C46H46N8O2. The van der Waals surface area contributed by atoms with Gasteiger partial charge in [0.2, 0.25) is 11.8 Å². The number of nitrogens with one attached hydrogen (secondary N) is 2. The standard InChI is InChI=1S/C46H46N8O2/c1-51(2)41(35-13-7-5-8-14-35)45(55)53-27-11-17-39(53)43-47-29-37(49-43)33-23-19-31(20-24-33)32-21-25-34(26-22-32)38-30-48-44(50-38)40-18-12-28-54(40)46(56)42(52(3)4)36-15-9-6-10-16-36/h5-26,29-30,39-42H,27-28H2,1-4H3,(H,47,49)(H,48,50)/t39-,40-,41+,42+/m0/s1. The lowest BCUT2D eigenvalue weighted by atomic mass is 10.0. The molecule has 2 aliphatic heterocycles. The zero-order valence-corrected chi connectivity index (χ0v) is 32.1. The molecule has 0 radical (unpaired) electrons. The molecule has 0 saturated heterocycles. The largest absolute Gasteiger partial charge is 0.340 e. The smallest absolute Gasteiger partial charge is 0.245 e. The second-order valence-corrected chi connectivity index (χ2v) is 14.8. The van der Waals surface area contributed by atoms with Gasteiger partial charge in [0.25, 0.3) is 0 Å². The van der Waals surface area contributed by atoms with Crippen LogP contribution in [-0.2, 0) is 9.59 Å². The number of amides is 2. The fraction of sp³-hybridized carbons (Fsp3) is 0.217. The van der Waals surface area contributed by atoms with Crippen molar-refractivity contribution in [2.45, 2.75) is 24.2 Å². The van der Waals surface area contributed by atoms with Crippen molar-refractivity contribution in [2.75, 3.05) is 41.3 Å². The Bertz CT molecular complexity index is 2180. The third-order valence-electron chi connectivity index (χ3n) is 10.7. The van der Waals surface area contributed by atoms with Crippen molar-refractivity contribution in [3.63, 3.8) is 0 Å². The molecule has 0 bridgehead atoms. The van der Waals surface area contributed by atoms with Gasteiger partial charge < -0.3 is 19.8 Å². The Morgan fingerprint density at radius 1 is 0.554 bits per heavy atom. The number of likely N-dealkylation sites (N-methyl/N-ethyl adjacent to an activating group) is 2. The van der Waals surface area contributed by atoms with E-state index in [2.05, 4.69) is 58.5 Å². The number of hydrogen-bond acceptors (Lipinski definition) is 6. The first-order valence-corrected chi connectivity index (χ1v) is 18.9. The zero-order valence-electron chi connectivity index (χ0n) is 32.1. The molecule has 2 amide bonds.